The number of rotatable bonds is 6. The van der Waals surface area contributed by atoms with Crippen LogP contribution in [0.25, 0.3) is 0 Å². The third-order valence-corrected chi connectivity index (χ3v) is 2.47. The summed E-state index contributed by atoms with van der Waals surface area (Å²) in [6, 6.07) is 3.67. The molecule has 2 atom stereocenters. The van der Waals surface area contributed by atoms with E-state index >= 15 is 0 Å². The van der Waals surface area contributed by atoms with Gasteiger partial charge in [0.2, 0.25) is 0 Å². The molecule has 96 valence electrons. The van der Waals surface area contributed by atoms with Gasteiger partial charge in [0, 0.05) is 25.3 Å². The van der Waals surface area contributed by atoms with Gasteiger partial charge >= 0.3 is 0 Å². The average Bonchev–Trinajstić information content (AvgIpc) is 2.30. The second-order valence-electron chi connectivity index (χ2n) is 3.88. The molecule has 0 saturated heterocycles. The first-order valence-corrected chi connectivity index (χ1v) is 5.40. The van der Waals surface area contributed by atoms with Gasteiger partial charge in [-0.15, -0.1) is 0 Å². The van der Waals surface area contributed by atoms with Crippen LogP contribution in [0, 0.1) is 11.6 Å². The summed E-state index contributed by atoms with van der Waals surface area (Å²) in [4.78, 5) is 0. The second kappa shape index (κ2) is 6.64. The highest BCUT2D eigenvalue weighted by molar-refractivity contribution is 5.21. The Morgan fingerprint density at radius 1 is 1.41 bits per heavy atom. The SMILES string of the molecule is COCC(O)CNC(C)c1cccc(F)c1F. The molecule has 0 saturated carbocycles. The Balaban J connectivity index is 2.58. The quantitative estimate of drug-likeness (QED) is 0.800. The minimum Gasteiger partial charge on any atom is -0.389 e. The van der Waals surface area contributed by atoms with Gasteiger partial charge in [0.25, 0.3) is 0 Å². The fraction of sp³-hybridized carbons (Fsp3) is 0.500. The van der Waals surface area contributed by atoms with Crippen LogP contribution in [0.15, 0.2) is 18.2 Å². The standard InChI is InChI=1S/C12H17F2NO2/c1-8(15-6-9(16)7-17-2)10-4-3-5-11(13)12(10)14/h3-5,8-9,15-16H,6-7H2,1-2H3. The summed E-state index contributed by atoms with van der Waals surface area (Å²) in [6.07, 6.45) is -0.668. The fourth-order valence-corrected chi connectivity index (χ4v) is 1.53. The molecule has 0 aliphatic heterocycles. The molecule has 2 N–H and O–H groups in total. The third-order valence-electron chi connectivity index (χ3n) is 2.47. The number of benzene rings is 1. The summed E-state index contributed by atoms with van der Waals surface area (Å²) >= 11 is 0. The van der Waals surface area contributed by atoms with Crippen LogP contribution < -0.4 is 5.32 Å². The lowest BCUT2D eigenvalue weighted by Crippen LogP contribution is -2.32. The first kappa shape index (κ1) is 14.0. The van der Waals surface area contributed by atoms with E-state index in [4.69, 9.17) is 4.74 Å². The van der Waals surface area contributed by atoms with Crippen molar-refractivity contribution in [3.05, 3.63) is 35.4 Å². The fourth-order valence-electron chi connectivity index (χ4n) is 1.53. The van der Waals surface area contributed by atoms with Gasteiger partial charge in [-0.05, 0) is 13.0 Å². The summed E-state index contributed by atoms with van der Waals surface area (Å²) in [5, 5.41) is 12.3. The molecule has 0 heterocycles. The van der Waals surface area contributed by atoms with E-state index in [0.29, 0.717) is 0 Å². The van der Waals surface area contributed by atoms with Crippen LogP contribution in [0.1, 0.15) is 18.5 Å². The van der Waals surface area contributed by atoms with Gasteiger partial charge < -0.3 is 15.2 Å². The van der Waals surface area contributed by atoms with Crippen LogP contribution in [0.2, 0.25) is 0 Å². The minimum atomic E-state index is -0.867. The molecule has 1 rings (SSSR count). The Bertz CT molecular complexity index is 360. The molecule has 0 amide bonds. The van der Waals surface area contributed by atoms with Crippen LogP contribution in [0.3, 0.4) is 0 Å². The largest absolute Gasteiger partial charge is 0.389 e. The van der Waals surface area contributed by atoms with Crippen molar-refractivity contribution in [2.24, 2.45) is 0 Å². The highest BCUT2D eigenvalue weighted by atomic mass is 19.2. The molecule has 0 fully saturated rings. The zero-order chi connectivity index (χ0) is 12.8. The summed E-state index contributed by atoms with van der Waals surface area (Å²) in [7, 11) is 1.49. The lowest BCUT2D eigenvalue weighted by molar-refractivity contribution is 0.0630. The van der Waals surface area contributed by atoms with Crippen molar-refractivity contribution in [3.63, 3.8) is 0 Å². The van der Waals surface area contributed by atoms with E-state index in [0.717, 1.165) is 6.07 Å². The molecule has 0 aliphatic rings. The van der Waals surface area contributed by atoms with Crippen molar-refractivity contribution in [3.8, 4) is 0 Å². The van der Waals surface area contributed by atoms with Crippen molar-refractivity contribution < 1.29 is 18.6 Å². The molecule has 5 heteroatoms. The summed E-state index contributed by atoms with van der Waals surface area (Å²) in [6.45, 7) is 2.16. The molecule has 0 radical (unpaired) electrons. The smallest absolute Gasteiger partial charge is 0.163 e. The van der Waals surface area contributed by atoms with Crippen molar-refractivity contribution in [1.29, 1.82) is 0 Å². The Morgan fingerprint density at radius 3 is 2.76 bits per heavy atom. The number of aliphatic hydroxyl groups excluding tert-OH is 1. The molecule has 1 aromatic rings. The van der Waals surface area contributed by atoms with E-state index in [1.807, 2.05) is 0 Å². The first-order chi connectivity index (χ1) is 8.06. The van der Waals surface area contributed by atoms with Gasteiger partial charge in [0.1, 0.15) is 0 Å². The maximum atomic E-state index is 13.4. The number of methoxy groups -OCH3 is 1. The molecule has 0 spiro atoms. The van der Waals surface area contributed by atoms with Crippen LogP contribution in [0.5, 0.6) is 0 Å². The summed E-state index contributed by atoms with van der Waals surface area (Å²) < 4.78 is 31.2. The lowest BCUT2D eigenvalue weighted by Gasteiger charge is -2.17. The van der Waals surface area contributed by atoms with Crippen LogP contribution in [0.4, 0.5) is 8.78 Å². The first-order valence-electron chi connectivity index (χ1n) is 5.40. The van der Waals surface area contributed by atoms with Crippen LogP contribution in [-0.4, -0.2) is 31.5 Å². The van der Waals surface area contributed by atoms with Crippen LogP contribution in [-0.2, 0) is 4.74 Å². The van der Waals surface area contributed by atoms with E-state index < -0.39 is 17.7 Å². The van der Waals surface area contributed by atoms with Gasteiger partial charge in [-0.1, -0.05) is 12.1 Å². The number of halogens is 2. The van der Waals surface area contributed by atoms with E-state index in [1.165, 1.54) is 19.2 Å². The third kappa shape index (κ3) is 4.03. The number of hydrogen-bond acceptors (Lipinski definition) is 3. The van der Waals surface area contributed by atoms with E-state index in [2.05, 4.69) is 5.32 Å². The number of hydrogen-bond donors (Lipinski definition) is 2. The highest BCUT2D eigenvalue weighted by Gasteiger charge is 2.14. The zero-order valence-corrected chi connectivity index (χ0v) is 9.91. The highest BCUT2D eigenvalue weighted by Crippen LogP contribution is 2.18. The predicted molar refractivity (Wildman–Crippen MR) is 60.7 cm³/mol. The Morgan fingerprint density at radius 2 is 2.12 bits per heavy atom. The van der Waals surface area contributed by atoms with Gasteiger partial charge in [-0.3, -0.25) is 0 Å². The van der Waals surface area contributed by atoms with Gasteiger partial charge in [-0.25, -0.2) is 8.78 Å². The lowest BCUT2D eigenvalue weighted by atomic mass is 10.1. The molecule has 1 aromatic carbocycles. The monoisotopic (exact) mass is 245 g/mol. The average molecular weight is 245 g/mol. The van der Waals surface area contributed by atoms with E-state index in [9.17, 15) is 13.9 Å². The molecule has 2 unspecified atom stereocenters. The zero-order valence-electron chi connectivity index (χ0n) is 9.91. The van der Waals surface area contributed by atoms with E-state index in [-0.39, 0.29) is 24.8 Å². The Labute approximate surface area is 99.4 Å². The summed E-state index contributed by atoms with van der Waals surface area (Å²) in [5.74, 6) is -1.72. The summed E-state index contributed by atoms with van der Waals surface area (Å²) in [5.41, 5.74) is 0.245. The molecular weight excluding hydrogens is 228 g/mol. The molecule has 17 heavy (non-hydrogen) atoms. The molecule has 0 aromatic heterocycles. The van der Waals surface area contributed by atoms with Gasteiger partial charge in [0.05, 0.1) is 12.7 Å². The second-order valence-corrected chi connectivity index (χ2v) is 3.88. The number of ether oxygens (including phenoxy) is 1. The van der Waals surface area contributed by atoms with Crippen LogP contribution >= 0.6 is 0 Å². The van der Waals surface area contributed by atoms with Crippen molar-refractivity contribution in [2.75, 3.05) is 20.3 Å². The maximum absolute atomic E-state index is 13.4. The maximum Gasteiger partial charge on any atom is 0.163 e. The molecular formula is C12H17F2NO2. The van der Waals surface area contributed by atoms with Crippen molar-refractivity contribution in [2.45, 2.75) is 19.1 Å². The van der Waals surface area contributed by atoms with Crippen molar-refractivity contribution >= 4 is 0 Å². The molecule has 0 aliphatic carbocycles. The predicted octanol–water partition coefficient (Wildman–Crippen LogP) is 1.62. The molecule has 3 nitrogen and oxygen atoms in total. The van der Waals surface area contributed by atoms with Gasteiger partial charge in [-0.2, -0.15) is 0 Å². The number of nitrogens with one attached hydrogen (secondary N) is 1. The molecule has 0 bridgehead atoms. The van der Waals surface area contributed by atoms with E-state index in [1.54, 1.807) is 6.92 Å². The minimum absolute atomic E-state index is 0.200. The Hall–Kier alpha value is -1.04. The topological polar surface area (TPSA) is 41.5 Å². The van der Waals surface area contributed by atoms with Crippen molar-refractivity contribution in [1.82, 2.24) is 5.32 Å². The number of aliphatic hydroxyl groups is 1. The Kier molecular flexibility index (Phi) is 5.47. The van der Waals surface area contributed by atoms with Gasteiger partial charge in [0.15, 0.2) is 11.6 Å². The normalized spacial score (nSPS) is 14.6.